The average Bonchev–Trinajstić information content (AvgIpc) is 1.73. The molecule has 145 heavy (non-hydrogen) atoms. The molecule has 2 saturated heterocycles. The molecule has 8 heterocycles. The third-order valence-electron chi connectivity index (χ3n) is 25.2. The Bertz CT molecular complexity index is 7870. The van der Waals surface area contributed by atoms with E-state index in [9.17, 15) is 71.9 Å². The summed E-state index contributed by atoms with van der Waals surface area (Å²) in [5.41, 5.74) is 14.8. The van der Waals surface area contributed by atoms with Gasteiger partial charge in [-0.1, -0.05) is 159 Å². The number of fused-ring (bicyclic) bond motifs is 4. The predicted molar refractivity (Wildman–Crippen MR) is 566 cm³/mol. The van der Waals surface area contributed by atoms with Crippen molar-refractivity contribution in [2.24, 2.45) is 5.92 Å². The second-order valence-corrected chi connectivity index (χ2v) is 35.7. The van der Waals surface area contributed by atoms with Crippen LogP contribution in [0.3, 0.4) is 0 Å². The molecule has 0 spiro atoms. The molecule has 18 rings (SSSR count). The molecule has 30 heteroatoms. The Balaban J connectivity index is 0.000000146. The number of hydrogen-bond donors (Lipinski definition) is 11. The van der Waals surface area contributed by atoms with E-state index in [1.54, 1.807) is 66.4 Å². The Kier molecular flexibility index (Phi) is 32.1. The van der Waals surface area contributed by atoms with Gasteiger partial charge < -0.3 is 67.0 Å². The van der Waals surface area contributed by atoms with Crippen LogP contribution in [0.5, 0.6) is 0 Å². The van der Waals surface area contributed by atoms with Crippen molar-refractivity contribution in [2.45, 2.75) is 112 Å². The lowest BCUT2D eigenvalue weighted by Gasteiger charge is -2.25. The molecule has 16 aromatic rings. The van der Waals surface area contributed by atoms with Crippen LogP contribution in [0.2, 0.25) is 0 Å². The topological polar surface area (TPSA) is 436 Å². The van der Waals surface area contributed by atoms with Gasteiger partial charge in [-0.15, -0.1) is 0 Å². The van der Waals surface area contributed by atoms with Crippen molar-refractivity contribution >= 4 is 137 Å². The van der Waals surface area contributed by atoms with E-state index in [1.807, 2.05) is 183 Å². The standard InChI is InChI=1S/C32H26N4O4.C29H27N3O3.C28H28N4O3.C26H26N4O5/c1-19(31(39)35-24-13-14-27-25(17-24)30(38)26(18-33-27)20(2)37)34-32(40)23-15-28(21-9-5-3-6-10-21)36-29(16-23)22-11-7-4-8-12-22;1-19(33)26-18-31-27-14-13-23(16-25(27)28(26)34)30-17-24-8-5-15-32(24)29(35)22-11-9-21(10-12-22)20-6-3-2-4-7-20;1-4-19-5-7-20(8-6-19)21-9-11-22(12-10-21)28(35)31-17(2)15-30-25-14-13-24-26(32-25)27(34)23(16-29-24)18(3)33;1-14-5-4-6-18(11-14)30-10-9-19(26(30)35)25(34)28-15(2)24(33)29-17-7-8-22-20(12-17)23(32)21(13-27-22)16(3)31/h3-19H,1-2H3,(H,33,38)(H,34,40)(H,35,39);2-4,6-7,9-14,16,18,24,30H,5,8,15,17H2,1H3,(H,31,34);5-14,16-17H,4,15H2,1-3H3,(H,29,34)(H,30,32)(H,31,35);4-8,11-13,15,19H,9-10H2,1-3H3,(H,27,32)(H,28,34)(H,29,33)/t19-;;17-;15-,19?/m0.00/s1. The Morgan fingerprint density at radius 3 is 1.34 bits per heavy atom. The van der Waals surface area contributed by atoms with Gasteiger partial charge in [-0.3, -0.25) is 71.9 Å². The van der Waals surface area contributed by atoms with Crippen LogP contribution in [0.4, 0.5) is 28.6 Å². The zero-order valence-electron chi connectivity index (χ0n) is 81.2. The minimum Gasteiger partial charge on any atom is -0.383 e. The molecule has 6 aromatic heterocycles. The number of aromatic amines is 4. The number of pyridine rings is 6. The van der Waals surface area contributed by atoms with Gasteiger partial charge in [-0.2, -0.15) is 0 Å². The first-order chi connectivity index (χ1) is 69.8. The molecule has 0 saturated carbocycles. The number of ketones is 4. The second kappa shape index (κ2) is 45.9. The zero-order valence-corrected chi connectivity index (χ0v) is 81.2. The number of carbonyl (C=O) groups excluding carboxylic acids is 11. The molecular weight excluding hydrogens is 1830 g/mol. The van der Waals surface area contributed by atoms with Crippen LogP contribution in [-0.4, -0.2) is 150 Å². The van der Waals surface area contributed by atoms with E-state index in [4.69, 9.17) is 4.98 Å². The van der Waals surface area contributed by atoms with Crippen molar-refractivity contribution in [3.8, 4) is 44.8 Å². The van der Waals surface area contributed by atoms with Crippen molar-refractivity contribution in [3.63, 3.8) is 0 Å². The summed E-state index contributed by atoms with van der Waals surface area (Å²) >= 11 is 0. The number of aryl methyl sites for hydroxylation is 2. The van der Waals surface area contributed by atoms with Gasteiger partial charge in [0.15, 0.2) is 39.4 Å². The number of likely N-dealkylation sites (tertiary alicyclic amines) is 1. The highest BCUT2D eigenvalue weighted by Gasteiger charge is 2.39. The summed E-state index contributed by atoms with van der Waals surface area (Å²) in [5, 5.41) is 21.3. The molecule has 5 atom stereocenters. The number of amides is 7. The number of rotatable bonds is 27. The summed E-state index contributed by atoms with van der Waals surface area (Å²) in [7, 11) is 0. The second-order valence-electron chi connectivity index (χ2n) is 35.7. The smallest absolute Gasteiger partial charge is 0.254 e. The third-order valence-corrected chi connectivity index (χ3v) is 25.2. The number of nitrogens with one attached hydrogen (secondary N) is 11. The fraction of sp³-hybridized carbons (Fsp3) is 0.191. The first-order valence-electron chi connectivity index (χ1n) is 47.5. The van der Waals surface area contributed by atoms with Crippen molar-refractivity contribution in [1.82, 2.24) is 50.8 Å². The number of aromatic nitrogens is 6. The van der Waals surface area contributed by atoms with E-state index in [1.165, 1.54) is 77.1 Å². The third kappa shape index (κ3) is 24.5. The molecule has 11 N–H and O–H groups in total. The van der Waals surface area contributed by atoms with Crippen LogP contribution in [0.1, 0.15) is 158 Å². The largest absolute Gasteiger partial charge is 0.383 e. The molecule has 0 bridgehead atoms. The minimum absolute atomic E-state index is 0.0301. The van der Waals surface area contributed by atoms with Crippen LogP contribution in [-0.2, 0) is 25.6 Å². The van der Waals surface area contributed by atoms with Crippen molar-refractivity contribution in [3.05, 3.63) is 383 Å². The molecule has 7 amide bonds. The van der Waals surface area contributed by atoms with E-state index >= 15 is 0 Å². The molecule has 0 aliphatic carbocycles. The Hall–Kier alpha value is -18.1. The van der Waals surface area contributed by atoms with Gasteiger partial charge in [0.2, 0.25) is 29.1 Å². The number of H-pyrrole nitrogens is 4. The highest BCUT2D eigenvalue weighted by molar-refractivity contribution is 6.11. The number of benzene rings is 10. The summed E-state index contributed by atoms with van der Waals surface area (Å²) in [5.74, 6) is -3.99. The number of Topliss-reactive ketones (excluding diaryl/α,β-unsaturated/α-hetero) is 4. The SMILES string of the molecule is CC(=O)c1c[nH]c2ccc(NC(=O)[C@H](C)NC(=O)C3CCN(c4cccc(C)c4)C3=O)cc2c1=O.CC(=O)c1c[nH]c2ccc(NC(=O)[C@H](C)NC(=O)c3cc(-c4ccccc4)nc(-c4ccccc4)c3)cc2c1=O.CC(=O)c1c[nH]c2ccc(NCC3CCCN3C(=O)c3ccc(-c4ccccc4)cc3)cc2c1=O.CCc1ccc(-c2ccc(C(=O)N[C@@H](C)CNc3ccc4[nH]cc(C(C)=O)c(=O)c4n3)cc2)cc1. The van der Waals surface area contributed by atoms with E-state index in [2.05, 4.69) is 105 Å². The number of anilines is 5. The number of carbonyl (C=O) groups is 11. The summed E-state index contributed by atoms with van der Waals surface area (Å²) in [6.45, 7) is 16.6. The first kappa shape index (κ1) is 101. The van der Waals surface area contributed by atoms with Gasteiger partial charge in [-0.05, 0) is 230 Å². The maximum atomic E-state index is 13.3. The highest BCUT2D eigenvalue weighted by atomic mass is 16.2. The van der Waals surface area contributed by atoms with E-state index in [0.717, 1.165) is 76.1 Å². The molecule has 0 radical (unpaired) electrons. The molecule has 2 fully saturated rings. The number of hydrogen-bond acceptors (Lipinski definition) is 19. The normalized spacial score (nSPS) is 13.6. The molecule has 2 aliphatic rings. The summed E-state index contributed by atoms with van der Waals surface area (Å²) < 4.78 is 0. The minimum atomic E-state index is -0.916. The Morgan fingerprint density at radius 1 is 0.407 bits per heavy atom. The van der Waals surface area contributed by atoms with Crippen LogP contribution in [0, 0.1) is 12.8 Å². The van der Waals surface area contributed by atoms with Gasteiger partial charge in [0.1, 0.15) is 29.3 Å². The average molecular weight is 1940 g/mol. The van der Waals surface area contributed by atoms with Crippen LogP contribution in [0.25, 0.3) is 88.5 Å². The van der Waals surface area contributed by atoms with Crippen LogP contribution >= 0.6 is 0 Å². The van der Waals surface area contributed by atoms with Gasteiger partial charge in [-0.25, -0.2) is 9.97 Å². The van der Waals surface area contributed by atoms with Gasteiger partial charge in [0.05, 0.1) is 39.2 Å². The summed E-state index contributed by atoms with van der Waals surface area (Å²) in [4.78, 5) is 212. The first-order valence-corrected chi connectivity index (χ1v) is 47.5. The lowest BCUT2D eigenvalue weighted by atomic mass is 10.0. The Morgan fingerprint density at radius 2 is 0.848 bits per heavy atom. The summed E-state index contributed by atoms with van der Waals surface area (Å²) in [6.07, 6.45) is 8.87. The van der Waals surface area contributed by atoms with Gasteiger partial charge >= 0.3 is 0 Å². The lowest BCUT2D eigenvalue weighted by molar-refractivity contribution is -0.134. The maximum absolute atomic E-state index is 13.3. The fourth-order valence-corrected chi connectivity index (χ4v) is 17.0. The van der Waals surface area contributed by atoms with Gasteiger partial charge in [0, 0.05) is 146 Å². The lowest BCUT2D eigenvalue weighted by Crippen LogP contribution is -2.46. The van der Waals surface area contributed by atoms with Crippen molar-refractivity contribution in [2.75, 3.05) is 52.3 Å². The zero-order chi connectivity index (χ0) is 103. The molecule has 2 unspecified atom stereocenters. The molecule has 10 aromatic carbocycles. The number of nitrogens with zero attached hydrogens (tertiary/aromatic N) is 4. The molecular formula is C115H107N15O15. The van der Waals surface area contributed by atoms with Crippen molar-refractivity contribution < 1.29 is 52.7 Å². The van der Waals surface area contributed by atoms with Crippen LogP contribution < -0.4 is 63.8 Å². The van der Waals surface area contributed by atoms with E-state index in [-0.39, 0.29) is 96.9 Å². The highest BCUT2D eigenvalue weighted by Crippen LogP contribution is 2.32. The van der Waals surface area contributed by atoms with Crippen LogP contribution in [0.15, 0.2) is 311 Å². The van der Waals surface area contributed by atoms with Crippen molar-refractivity contribution in [1.29, 1.82) is 0 Å². The quantitative estimate of drug-likeness (QED) is 0.0168. The molecule has 2 aliphatic heterocycles. The fourth-order valence-electron chi connectivity index (χ4n) is 17.0. The summed E-state index contributed by atoms with van der Waals surface area (Å²) in [6, 6.07) is 80.4. The Labute approximate surface area is 833 Å². The molecule has 30 nitrogen and oxygen atoms in total. The van der Waals surface area contributed by atoms with E-state index in [0.29, 0.717) is 98.8 Å². The predicted octanol–water partition coefficient (Wildman–Crippen LogP) is 17.5. The molecule has 732 valence electrons. The van der Waals surface area contributed by atoms with E-state index < -0.39 is 57.9 Å². The maximum Gasteiger partial charge on any atom is 0.254 e. The van der Waals surface area contributed by atoms with Gasteiger partial charge in [0.25, 0.3) is 17.7 Å². The monoisotopic (exact) mass is 1940 g/mol.